The standard InChI is InChI=1S/C22H22N4S2/c1-3-26-10-4-5-15(13(26)2)20-12-17-16(8-9-24-21(17)28-20)22-25-18-11-14(23)6-7-19(18)27-22/h5-9,11-13H,3-4,10,23H2,1-2H3. The van der Waals surface area contributed by atoms with Gasteiger partial charge in [0, 0.05) is 40.3 Å². The molecule has 1 aliphatic heterocycles. The molecular weight excluding hydrogens is 384 g/mol. The number of fused-ring (bicyclic) bond motifs is 2. The van der Waals surface area contributed by atoms with E-state index >= 15 is 0 Å². The van der Waals surface area contributed by atoms with Crippen molar-refractivity contribution in [3.8, 4) is 10.6 Å². The van der Waals surface area contributed by atoms with E-state index in [0.717, 1.165) is 50.8 Å². The third-order valence-corrected chi connectivity index (χ3v) is 7.71. The molecule has 4 aromatic rings. The van der Waals surface area contributed by atoms with Crippen LogP contribution in [0.1, 0.15) is 25.1 Å². The van der Waals surface area contributed by atoms with Crippen molar-refractivity contribution in [1.29, 1.82) is 0 Å². The van der Waals surface area contributed by atoms with Gasteiger partial charge in [-0.3, -0.25) is 4.90 Å². The lowest BCUT2D eigenvalue weighted by molar-refractivity contribution is 0.257. The molecule has 6 heteroatoms. The average Bonchev–Trinajstić information content (AvgIpc) is 3.31. The van der Waals surface area contributed by atoms with Crippen LogP contribution in [0.25, 0.3) is 36.6 Å². The Bertz CT molecular complexity index is 1200. The van der Waals surface area contributed by atoms with Gasteiger partial charge in [-0.2, -0.15) is 0 Å². The fraction of sp³-hybridized carbons (Fsp3) is 0.273. The van der Waals surface area contributed by atoms with Crippen LogP contribution in [0.5, 0.6) is 0 Å². The molecule has 0 spiro atoms. The number of nitrogens with two attached hydrogens (primary N) is 1. The molecule has 28 heavy (non-hydrogen) atoms. The number of hydrogen-bond donors (Lipinski definition) is 1. The molecule has 0 fully saturated rings. The first-order valence-electron chi connectivity index (χ1n) is 9.63. The molecule has 0 bridgehead atoms. The maximum absolute atomic E-state index is 5.93. The first-order chi connectivity index (χ1) is 13.6. The van der Waals surface area contributed by atoms with Gasteiger partial charge in [0.25, 0.3) is 0 Å². The number of pyridine rings is 1. The van der Waals surface area contributed by atoms with Crippen LogP contribution in [0.15, 0.2) is 42.6 Å². The maximum Gasteiger partial charge on any atom is 0.125 e. The molecule has 0 radical (unpaired) electrons. The molecule has 1 atom stereocenters. The zero-order chi connectivity index (χ0) is 19.3. The molecule has 0 aliphatic carbocycles. The quantitative estimate of drug-likeness (QED) is 0.447. The van der Waals surface area contributed by atoms with Crippen molar-refractivity contribution in [3.05, 3.63) is 47.5 Å². The maximum atomic E-state index is 5.93. The van der Waals surface area contributed by atoms with Crippen molar-refractivity contribution in [2.45, 2.75) is 26.3 Å². The molecule has 1 aromatic carbocycles. The Hall–Kier alpha value is -2.28. The second-order valence-corrected chi connectivity index (χ2v) is 9.25. The van der Waals surface area contributed by atoms with Crippen LogP contribution in [-0.2, 0) is 0 Å². The molecule has 4 nitrogen and oxygen atoms in total. The predicted octanol–water partition coefficient (Wildman–Crippen LogP) is 5.65. The zero-order valence-corrected chi connectivity index (χ0v) is 17.6. The fourth-order valence-corrected chi connectivity index (χ4v) is 6.15. The van der Waals surface area contributed by atoms with Crippen molar-refractivity contribution in [2.75, 3.05) is 18.8 Å². The first kappa shape index (κ1) is 17.8. The molecule has 3 aromatic heterocycles. The number of benzene rings is 1. The van der Waals surface area contributed by atoms with Crippen molar-refractivity contribution in [2.24, 2.45) is 0 Å². The molecule has 0 saturated carbocycles. The molecule has 4 heterocycles. The van der Waals surface area contributed by atoms with E-state index in [1.807, 2.05) is 18.3 Å². The Morgan fingerprint density at radius 1 is 1.21 bits per heavy atom. The Morgan fingerprint density at radius 3 is 2.96 bits per heavy atom. The van der Waals surface area contributed by atoms with Gasteiger partial charge >= 0.3 is 0 Å². The number of likely N-dealkylation sites (N-methyl/N-ethyl adjacent to an activating group) is 1. The van der Waals surface area contributed by atoms with Crippen LogP contribution < -0.4 is 5.73 Å². The summed E-state index contributed by atoms with van der Waals surface area (Å²) in [6.45, 7) is 6.78. The minimum absolute atomic E-state index is 0.445. The minimum atomic E-state index is 0.445. The number of nitrogen functional groups attached to an aromatic ring is 1. The first-order valence-corrected chi connectivity index (χ1v) is 11.3. The summed E-state index contributed by atoms with van der Waals surface area (Å²) in [7, 11) is 0. The molecule has 0 amide bonds. The zero-order valence-electron chi connectivity index (χ0n) is 16.0. The van der Waals surface area contributed by atoms with E-state index in [1.54, 1.807) is 22.7 Å². The predicted molar refractivity (Wildman–Crippen MR) is 122 cm³/mol. The SMILES string of the molecule is CCN1CCC=C(c2cc3c(-c4nc5cc(N)ccc5s4)ccnc3s2)C1C. The summed E-state index contributed by atoms with van der Waals surface area (Å²) in [5.74, 6) is 0. The van der Waals surface area contributed by atoms with Gasteiger partial charge in [-0.25, -0.2) is 9.97 Å². The Kier molecular flexibility index (Phi) is 4.42. The number of anilines is 1. The van der Waals surface area contributed by atoms with Gasteiger partial charge in [0.15, 0.2) is 0 Å². The van der Waals surface area contributed by atoms with Crippen LogP contribution in [-0.4, -0.2) is 34.0 Å². The normalized spacial score (nSPS) is 18.1. The third-order valence-electron chi connectivity index (χ3n) is 5.55. The van der Waals surface area contributed by atoms with Gasteiger partial charge in [0.2, 0.25) is 0 Å². The van der Waals surface area contributed by atoms with E-state index in [9.17, 15) is 0 Å². The average molecular weight is 407 g/mol. The van der Waals surface area contributed by atoms with Crippen molar-refractivity contribution >= 4 is 54.4 Å². The highest BCUT2D eigenvalue weighted by atomic mass is 32.1. The minimum Gasteiger partial charge on any atom is -0.399 e. The molecule has 2 N–H and O–H groups in total. The lowest BCUT2D eigenvalue weighted by Crippen LogP contribution is -2.36. The molecule has 142 valence electrons. The number of thiazole rings is 1. The van der Waals surface area contributed by atoms with E-state index in [-0.39, 0.29) is 0 Å². The topological polar surface area (TPSA) is 55.0 Å². The Balaban J connectivity index is 1.62. The lowest BCUT2D eigenvalue weighted by atomic mass is 9.99. The fourth-order valence-electron chi connectivity index (χ4n) is 4.01. The molecule has 1 aliphatic rings. The second-order valence-electron chi connectivity index (χ2n) is 7.19. The summed E-state index contributed by atoms with van der Waals surface area (Å²) < 4.78 is 1.16. The van der Waals surface area contributed by atoms with Gasteiger partial charge in [0.05, 0.1) is 10.2 Å². The molecular formula is C22H22N4S2. The van der Waals surface area contributed by atoms with Gasteiger partial charge in [0.1, 0.15) is 9.84 Å². The Labute approximate surface area is 172 Å². The highest BCUT2D eigenvalue weighted by Gasteiger charge is 2.23. The van der Waals surface area contributed by atoms with Gasteiger partial charge in [-0.1, -0.05) is 13.0 Å². The largest absolute Gasteiger partial charge is 0.399 e. The van der Waals surface area contributed by atoms with Crippen molar-refractivity contribution in [3.63, 3.8) is 0 Å². The highest BCUT2D eigenvalue weighted by molar-refractivity contribution is 7.22. The van der Waals surface area contributed by atoms with E-state index < -0.39 is 0 Å². The summed E-state index contributed by atoms with van der Waals surface area (Å²) in [5, 5.41) is 2.22. The van der Waals surface area contributed by atoms with E-state index in [1.165, 1.54) is 15.8 Å². The van der Waals surface area contributed by atoms with Crippen LogP contribution in [0.3, 0.4) is 0 Å². The molecule has 5 rings (SSSR count). The van der Waals surface area contributed by atoms with E-state index in [2.05, 4.69) is 48.0 Å². The smallest absolute Gasteiger partial charge is 0.125 e. The summed E-state index contributed by atoms with van der Waals surface area (Å²) in [6, 6.07) is 10.8. The number of thiophene rings is 1. The number of rotatable bonds is 3. The summed E-state index contributed by atoms with van der Waals surface area (Å²) in [6.07, 6.45) is 5.42. The number of nitrogens with zero attached hydrogens (tertiary/aromatic N) is 3. The van der Waals surface area contributed by atoms with Gasteiger partial charge in [-0.05, 0) is 55.8 Å². The van der Waals surface area contributed by atoms with Crippen molar-refractivity contribution < 1.29 is 0 Å². The number of hydrogen-bond acceptors (Lipinski definition) is 6. The van der Waals surface area contributed by atoms with E-state index in [4.69, 9.17) is 10.7 Å². The Morgan fingerprint density at radius 2 is 2.11 bits per heavy atom. The summed E-state index contributed by atoms with van der Waals surface area (Å²) >= 11 is 3.50. The van der Waals surface area contributed by atoms with Crippen molar-refractivity contribution in [1.82, 2.24) is 14.9 Å². The van der Waals surface area contributed by atoms with Crippen LogP contribution in [0, 0.1) is 0 Å². The van der Waals surface area contributed by atoms with E-state index in [0.29, 0.717) is 6.04 Å². The third kappa shape index (κ3) is 2.92. The second kappa shape index (κ2) is 6.95. The van der Waals surface area contributed by atoms with Gasteiger partial charge < -0.3 is 5.73 Å². The summed E-state index contributed by atoms with van der Waals surface area (Å²) in [4.78, 5) is 14.4. The van der Waals surface area contributed by atoms with Crippen LogP contribution in [0.2, 0.25) is 0 Å². The van der Waals surface area contributed by atoms with Crippen LogP contribution >= 0.6 is 22.7 Å². The molecule has 0 saturated heterocycles. The lowest BCUT2D eigenvalue weighted by Gasteiger charge is -2.32. The van der Waals surface area contributed by atoms with Gasteiger partial charge in [-0.15, -0.1) is 22.7 Å². The molecule has 1 unspecified atom stereocenters. The highest BCUT2D eigenvalue weighted by Crippen LogP contribution is 2.40. The number of aromatic nitrogens is 2. The van der Waals surface area contributed by atoms with Crippen LogP contribution in [0.4, 0.5) is 5.69 Å². The monoisotopic (exact) mass is 406 g/mol. The summed E-state index contributed by atoms with van der Waals surface area (Å²) in [5.41, 5.74) is 10.2.